The van der Waals surface area contributed by atoms with Gasteiger partial charge in [0.15, 0.2) is 0 Å². The van der Waals surface area contributed by atoms with Gasteiger partial charge in [0, 0.05) is 0 Å². The first kappa shape index (κ1) is 13.6. The van der Waals surface area contributed by atoms with Crippen molar-refractivity contribution in [1.29, 1.82) is 0 Å². The molecule has 0 unspecified atom stereocenters. The number of rotatable bonds is 0. The lowest BCUT2D eigenvalue weighted by Crippen LogP contribution is -2.46. The Balaban J connectivity index is 0.00000144. The highest BCUT2D eigenvalue weighted by Crippen LogP contribution is 1.85. The van der Waals surface area contributed by atoms with E-state index in [9.17, 15) is 14.4 Å². The van der Waals surface area contributed by atoms with E-state index in [0.29, 0.717) is 0 Å². The number of hydrogen-bond donors (Lipinski definition) is 1. The molecule has 0 atom stereocenters. The lowest BCUT2D eigenvalue weighted by molar-refractivity contribution is 0.843. The molecule has 7 nitrogen and oxygen atoms in total. The molecule has 0 saturated heterocycles. The van der Waals surface area contributed by atoms with Crippen molar-refractivity contribution in [3.63, 3.8) is 0 Å². The molecule has 0 aliphatic heterocycles. The van der Waals surface area contributed by atoms with E-state index in [2.05, 4.69) is 0 Å². The van der Waals surface area contributed by atoms with Crippen molar-refractivity contribution in [2.45, 2.75) is 0 Å². The Labute approximate surface area is 113 Å². The molecule has 0 fully saturated rings. The molecular formula is C3H3I3N4O3. The average molecular weight is 524 g/mol. The Morgan fingerprint density at radius 3 is 1.00 bits per heavy atom. The Hall–Kier alpha value is 0.560. The zero-order chi connectivity index (χ0) is 9.46. The molecule has 1 heterocycles. The summed E-state index contributed by atoms with van der Waals surface area (Å²) in [6, 6.07) is 0. The minimum Gasteiger partial charge on any atom is -0.344 e. The quantitative estimate of drug-likeness (QED) is 0.481. The minimum atomic E-state index is -0.640. The first-order chi connectivity index (χ1) is 5.46. The van der Waals surface area contributed by atoms with E-state index in [1.807, 2.05) is 0 Å². The van der Waals surface area contributed by atoms with E-state index in [1.54, 1.807) is 0 Å². The van der Waals surface area contributed by atoms with Crippen molar-refractivity contribution >= 4 is 68.6 Å². The van der Waals surface area contributed by atoms with Crippen LogP contribution in [0.2, 0.25) is 0 Å². The van der Waals surface area contributed by atoms with Gasteiger partial charge in [-0.1, -0.05) is 0 Å². The summed E-state index contributed by atoms with van der Waals surface area (Å²) in [6.45, 7) is 0. The van der Waals surface area contributed by atoms with Gasteiger partial charge in [0.1, 0.15) is 0 Å². The third kappa shape index (κ3) is 2.32. The van der Waals surface area contributed by atoms with Gasteiger partial charge in [0.05, 0.1) is 68.6 Å². The maximum atomic E-state index is 11.1. The van der Waals surface area contributed by atoms with Gasteiger partial charge in [0.2, 0.25) is 0 Å². The minimum absolute atomic E-state index is 0. The van der Waals surface area contributed by atoms with E-state index in [-0.39, 0.29) is 6.15 Å². The third-order valence-corrected chi connectivity index (χ3v) is 3.48. The van der Waals surface area contributed by atoms with Crippen molar-refractivity contribution in [3.05, 3.63) is 31.5 Å². The fourth-order valence-corrected chi connectivity index (χ4v) is 3.01. The smallest absolute Gasteiger partial charge is 0.344 e. The first-order valence-electron chi connectivity index (χ1n) is 2.46. The largest absolute Gasteiger partial charge is 0.354 e. The Morgan fingerprint density at radius 1 is 0.692 bits per heavy atom. The lowest BCUT2D eigenvalue weighted by Gasteiger charge is -1.97. The van der Waals surface area contributed by atoms with Crippen LogP contribution >= 0.6 is 68.6 Å². The van der Waals surface area contributed by atoms with Crippen LogP contribution in [0.5, 0.6) is 0 Å². The van der Waals surface area contributed by atoms with Crippen molar-refractivity contribution in [2.75, 3.05) is 0 Å². The van der Waals surface area contributed by atoms with E-state index in [4.69, 9.17) is 0 Å². The molecule has 3 N–H and O–H groups in total. The van der Waals surface area contributed by atoms with Gasteiger partial charge in [-0.25, -0.2) is 14.4 Å². The van der Waals surface area contributed by atoms with E-state index in [0.717, 1.165) is 8.34 Å². The van der Waals surface area contributed by atoms with E-state index in [1.165, 1.54) is 68.6 Å². The van der Waals surface area contributed by atoms with Crippen molar-refractivity contribution in [3.8, 4) is 0 Å². The molecule has 0 aliphatic carbocycles. The van der Waals surface area contributed by atoms with Crippen LogP contribution < -0.4 is 23.2 Å². The molecule has 0 saturated carbocycles. The summed E-state index contributed by atoms with van der Waals surface area (Å²) in [6.07, 6.45) is 0. The molecule has 1 rings (SSSR count). The number of aromatic nitrogens is 3. The highest BCUT2D eigenvalue weighted by molar-refractivity contribution is 14.1. The molecule has 1 aromatic heterocycles. The Bertz CT molecular complexity index is 382. The maximum Gasteiger partial charge on any atom is 0.354 e. The van der Waals surface area contributed by atoms with E-state index < -0.39 is 17.1 Å². The van der Waals surface area contributed by atoms with Crippen molar-refractivity contribution < 1.29 is 0 Å². The predicted molar refractivity (Wildman–Crippen MR) is 72.5 cm³/mol. The molecule has 0 amide bonds. The van der Waals surface area contributed by atoms with Gasteiger partial charge in [-0.15, -0.1) is 0 Å². The summed E-state index contributed by atoms with van der Waals surface area (Å²) in [5.41, 5.74) is -1.92. The first-order valence-corrected chi connectivity index (χ1v) is 5.36. The van der Waals surface area contributed by atoms with Gasteiger partial charge in [-0.3, -0.25) is 0 Å². The fraction of sp³-hybridized carbons (Fsp3) is 0. The van der Waals surface area contributed by atoms with Gasteiger partial charge in [-0.05, 0) is 0 Å². The fourth-order valence-electron chi connectivity index (χ4n) is 0.477. The van der Waals surface area contributed by atoms with Crippen LogP contribution in [0.1, 0.15) is 0 Å². The van der Waals surface area contributed by atoms with E-state index >= 15 is 0 Å². The van der Waals surface area contributed by atoms with Crippen LogP contribution in [0.25, 0.3) is 0 Å². The van der Waals surface area contributed by atoms with Crippen LogP contribution in [0, 0.1) is 0 Å². The third-order valence-electron chi connectivity index (χ3n) is 1.01. The molecule has 0 aromatic carbocycles. The lowest BCUT2D eigenvalue weighted by atomic mass is 11.0. The number of halogens is 3. The predicted octanol–water partition coefficient (Wildman–Crippen LogP) is -0.0720. The summed E-state index contributed by atoms with van der Waals surface area (Å²) in [5, 5.41) is 0. The topological polar surface area (TPSA) is 101 Å². The van der Waals surface area contributed by atoms with Crippen LogP contribution in [-0.4, -0.2) is 8.34 Å². The SMILES string of the molecule is N.O=c1n(I)c(=O)n(I)c(=O)n1I. The Kier molecular flexibility index (Phi) is 5.08. The summed E-state index contributed by atoms with van der Waals surface area (Å²) in [7, 11) is 0. The molecule has 10 heteroatoms. The highest BCUT2D eigenvalue weighted by Gasteiger charge is 2.09. The van der Waals surface area contributed by atoms with Crippen LogP contribution in [-0.2, 0) is 0 Å². The summed E-state index contributed by atoms with van der Waals surface area (Å²) in [5.74, 6) is 0. The van der Waals surface area contributed by atoms with Crippen LogP contribution in [0.4, 0.5) is 0 Å². The van der Waals surface area contributed by atoms with Gasteiger partial charge < -0.3 is 6.15 Å². The monoisotopic (exact) mass is 524 g/mol. The second kappa shape index (κ2) is 4.87. The Morgan fingerprint density at radius 2 is 0.846 bits per heavy atom. The molecule has 13 heavy (non-hydrogen) atoms. The van der Waals surface area contributed by atoms with Gasteiger partial charge in [-0.2, -0.15) is 8.34 Å². The summed E-state index contributed by atoms with van der Waals surface area (Å²) < 4.78 is 2.49. The second-order valence-corrected chi connectivity index (χ2v) is 4.58. The van der Waals surface area contributed by atoms with Gasteiger partial charge in [0.25, 0.3) is 0 Å². The second-order valence-electron chi connectivity index (χ2n) is 1.69. The van der Waals surface area contributed by atoms with Crippen LogP contribution in [0.3, 0.4) is 0 Å². The number of nitrogens with zero attached hydrogens (tertiary/aromatic N) is 3. The standard InChI is InChI=1S/C3I3N3O3.H3N/c4-7-1(10)8(5)3(12)9(6)2(7)11;/h;1H3. The normalized spacial score (nSPS) is 9.46. The summed E-state index contributed by atoms with van der Waals surface area (Å²) >= 11 is 4.61. The van der Waals surface area contributed by atoms with Crippen LogP contribution in [0.15, 0.2) is 14.4 Å². The average Bonchev–Trinajstić information content (AvgIpc) is 2.08. The maximum absolute atomic E-state index is 11.1. The highest BCUT2D eigenvalue weighted by atomic mass is 127. The molecule has 0 radical (unpaired) electrons. The van der Waals surface area contributed by atoms with Crippen molar-refractivity contribution in [1.82, 2.24) is 14.5 Å². The number of hydrogen-bond acceptors (Lipinski definition) is 4. The summed E-state index contributed by atoms with van der Waals surface area (Å²) in [4.78, 5) is 33.2. The van der Waals surface area contributed by atoms with Crippen molar-refractivity contribution in [2.24, 2.45) is 0 Å². The zero-order valence-corrected chi connectivity index (χ0v) is 12.4. The molecule has 0 spiro atoms. The molecule has 0 bridgehead atoms. The zero-order valence-electron chi connectivity index (χ0n) is 5.91. The molecule has 1 aromatic rings. The van der Waals surface area contributed by atoms with Gasteiger partial charge >= 0.3 is 17.1 Å². The molecular weight excluding hydrogens is 521 g/mol. The molecule has 74 valence electrons. The molecule has 0 aliphatic rings.